The van der Waals surface area contributed by atoms with E-state index in [1.54, 1.807) is 19.2 Å². The Bertz CT molecular complexity index is 424. The summed E-state index contributed by atoms with van der Waals surface area (Å²) in [6.45, 7) is 0. The number of benzene rings is 1. The van der Waals surface area contributed by atoms with E-state index in [9.17, 15) is 19.8 Å². The number of aliphatic carboxylic acids is 2. The molecule has 0 aromatic heterocycles. The van der Waals surface area contributed by atoms with Crippen LogP contribution in [0.2, 0.25) is 4.82 Å². The van der Waals surface area contributed by atoms with Crippen molar-refractivity contribution in [1.82, 2.24) is 0 Å². The van der Waals surface area contributed by atoms with Gasteiger partial charge < -0.3 is 0 Å². The van der Waals surface area contributed by atoms with Crippen molar-refractivity contribution in [3.8, 4) is 5.75 Å². The molecule has 8 heteroatoms. The molecule has 0 heterocycles. The number of hydrogen-bond donors (Lipinski definition) is 0. The summed E-state index contributed by atoms with van der Waals surface area (Å²) in [5, 5.41) is 21.7. The smallest absolute Gasteiger partial charge is 1.00 e. The van der Waals surface area contributed by atoms with Gasteiger partial charge in [0.2, 0.25) is 0 Å². The van der Waals surface area contributed by atoms with Crippen LogP contribution in [0.25, 0.3) is 0 Å². The second-order valence-corrected chi connectivity index (χ2v) is 6.04. The van der Waals surface area contributed by atoms with Gasteiger partial charge in [-0.1, -0.05) is 0 Å². The summed E-state index contributed by atoms with van der Waals surface area (Å²) in [4.78, 5) is 20.2. The van der Waals surface area contributed by atoms with Crippen LogP contribution in [0.1, 0.15) is 12.0 Å². The van der Waals surface area contributed by atoms with Gasteiger partial charge in [0, 0.05) is 0 Å². The molecule has 0 saturated carbocycles. The Morgan fingerprint density at radius 3 is 2.15 bits per heavy atom. The van der Waals surface area contributed by atoms with Crippen LogP contribution in [0.5, 0.6) is 5.75 Å². The van der Waals surface area contributed by atoms with E-state index < -0.39 is 23.2 Å². The molecule has 0 aliphatic rings. The number of carboxylic acid groups (broad SMARTS) is 2. The van der Waals surface area contributed by atoms with E-state index in [1.165, 1.54) is 0 Å². The molecule has 0 saturated heterocycles. The maximum atomic E-state index is 10.8. The number of hydrogen-bond acceptors (Lipinski definition) is 5. The van der Waals surface area contributed by atoms with E-state index >= 15 is 0 Å². The van der Waals surface area contributed by atoms with Crippen LogP contribution in [0, 0.1) is 0 Å². The first-order valence-electron chi connectivity index (χ1n) is 5.18. The third-order valence-electron chi connectivity index (χ3n) is 2.23. The number of carbonyl (C=O) groups is 2. The number of carboxylic acids is 2. The van der Waals surface area contributed by atoms with Crippen LogP contribution < -0.4 is 74.1 Å². The fourth-order valence-electron chi connectivity index (χ4n) is 1.28. The van der Waals surface area contributed by atoms with Crippen molar-refractivity contribution in [2.45, 2.75) is 16.6 Å². The molecule has 1 rings (SSSR count). The van der Waals surface area contributed by atoms with Crippen LogP contribution >= 0.6 is 0 Å². The molecule has 98 valence electrons. The summed E-state index contributed by atoms with van der Waals surface area (Å²) in [5.74, 6) is -1.97. The number of carbonyl (C=O) groups excluding carboxylic acids is 2. The molecule has 1 aromatic rings. The topological polar surface area (TPSA) is 89.5 Å². The molecule has 0 bridgehead atoms. The van der Waals surface area contributed by atoms with E-state index in [-0.39, 0.29) is 74.1 Å². The van der Waals surface area contributed by atoms with Gasteiger partial charge in [-0.3, -0.25) is 0 Å². The van der Waals surface area contributed by atoms with Crippen molar-refractivity contribution in [1.29, 1.82) is 0 Å². The molecule has 1 unspecified atom stereocenters. The van der Waals surface area contributed by atoms with Crippen molar-refractivity contribution in [2.24, 2.45) is 0 Å². The summed E-state index contributed by atoms with van der Waals surface area (Å²) >= 11 is -0.381. The summed E-state index contributed by atoms with van der Waals surface area (Å²) < 4.78 is 5.00. The fraction of sp³-hybridized carbons (Fsp3) is 0.333. The summed E-state index contributed by atoms with van der Waals surface area (Å²) in [7, 11) is 1.56. The van der Waals surface area contributed by atoms with E-state index in [4.69, 9.17) is 4.74 Å². The zero-order valence-electron chi connectivity index (χ0n) is 11.8. The zero-order chi connectivity index (χ0) is 13.5. The van der Waals surface area contributed by atoms with Gasteiger partial charge in [-0.2, -0.15) is 0 Å². The average Bonchev–Trinajstić information content (AvgIpc) is 2.34. The van der Waals surface area contributed by atoms with Gasteiger partial charge >= 0.3 is 170 Å². The minimum absolute atomic E-state index is 0. The third-order valence-corrected chi connectivity index (χ3v) is 4.87. The SMILES string of the molecule is COc1ccc(C[Se]C(CC(=O)[O-])C(=O)[O-])cc1.[Na+].[Na+]. The van der Waals surface area contributed by atoms with Gasteiger partial charge in [0.05, 0.1) is 0 Å². The van der Waals surface area contributed by atoms with Crippen LogP contribution in [0.15, 0.2) is 24.3 Å². The second kappa shape index (κ2) is 12.1. The molecule has 0 radical (unpaired) electrons. The van der Waals surface area contributed by atoms with Crippen molar-refractivity contribution in [2.75, 3.05) is 7.11 Å². The second-order valence-electron chi connectivity index (χ2n) is 3.54. The molecule has 0 aliphatic carbocycles. The van der Waals surface area contributed by atoms with Crippen LogP contribution in [-0.4, -0.2) is 34.0 Å². The van der Waals surface area contributed by atoms with Crippen LogP contribution in [0.3, 0.4) is 0 Å². The largest absolute Gasteiger partial charge is 1.00 e. The van der Waals surface area contributed by atoms with E-state index in [0.29, 0.717) is 5.32 Å². The Balaban J connectivity index is 0. The summed E-state index contributed by atoms with van der Waals surface area (Å²) in [5.41, 5.74) is 0.945. The van der Waals surface area contributed by atoms with Gasteiger partial charge in [-0.05, 0) is 0 Å². The maximum Gasteiger partial charge on any atom is 1.00 e. The molecule has 20 heavy (non-hydrogen) atoms. The fourth-order valence-corrected chi connectivity index (χ4v) is 3.33. The maximum absolute atomic E-state index is 10.8. The zero-order valence-corrected chi connectivity index (χ0v) is 17.5. The van der Waals surface area contributed by atoms with Crippen LogP contribution in [-0.2, 0) is 14.9 Å². The predicted molar refractivity (Wildman–Crippen MR) is 60.8 cm³/mol. The summed E-state index contributed by atoms with van der Waals surface area (Å²) in [6.07, 6.45) is -0.488. The number of rotatable bonds is 7. The van der Waals surface area contributed by atoms with Crippen LogP contribution in [0.4, 0.5) is 0 Å². The van der Waals surface area contributed by atoms with Gasteiger partial charge in [0.15, 0.2) is 0 Å². The molecule has 5 nitrogen and oxygen atoms in total. The Kier molecular flexibility index (Phi) is 13.7. The monoisotopic (exact) mass is 362 g/mol. The molecule has 0 fully saturated rings. The van der Waals surface area contributed by atoms with Crippen molar-refractivity contribution >= 4 is 26.9 Å². The van der Waals surface area contributed by atoms with Gasteiger partial charge in [0.1, 0.15) is 0 Å². The molecule has 0 aliphatic heterocycles. The normalized spacial score (nSPS) is 10.7. The molecule has 1 atom stereocenters. The standard InChI is InChI=1S/C12H14O5Se.2Na/c1-17-9-4-2-8(3-5-9)7-18-10(12(15)16)6-11(13)14;;/h2-5,10H,6-7H2,1H3,(H,13,14)(H,15,16);;/q;2*+1/p-2. The van der Waals surface area contributed by atoms with E-state index in [0.717, 1.165) is 11.3 Å². The third kappa shape index (κ3) is 8.70. The average molecular weight is 361 g/mol. The summed E-state index contributed by atoms with van der Waals surface area (Å²) in [6, 6.07) is 7.20. The first kappa shape index (κ1) is 22.8. The Morgan fingerprint density at radius 1 is 1.20 bits per heavy atom. The van der Waals surface area contributed by atoms with E-state index in [1.807, 2.05) is 12.1 Å². The number of methoxy groups -OCH3 is 1. The molecule has 0 spiro atoms. The van der Waals surface area contributed by atoms with Crippen molar-refractivity contribution in [3.63, 3.8) is 0 Å². The van der Waals surface area contributed by atoms with E-state index in [2.05, 4.69) is 0 Å². The van der Waals surface area contributed by atoms with Crippen molar-refractivity contribution < 1.29 is 83.7 Å². The molecular formula is C12H12Na2O5Se. The van der Waals surface area contributed by atoms with Gasteiger partial charge in [0.25, 0.3) is 0 Å². The molecule has 0 amide bonds. The van der Waals surface area contributed by atoms with Gasteiger partial charge in [-0.25, -0.2) is 0 Å². The first-order valence-corrected chi connectivity index (χ1v) is 7.38. The molecule has 1 aromatic carbocycles. The number of ether oxygens (including phenoxy) is 1. The minimum Gasteiger partial charge on any atom is 1.00 e. The first-order chi connectivity index (χ1) is 8.52. The Hall–Kier alpha value is 0.479. The predicted octanol–water partition coefficient (Wildman–Crippen LogP) is -7.41. The van der Waals surface area contributed by atoms with Gasteiger partial charge in [-0.15, -0.1) is 0 Å². The Labute approximate surface area is 168 Å². The molecular weight excluding hydrogens is 349 g/mol. The Morgan fingerprint density at radius 2 is 1.75 bits per heavy atom. The van der Waals surface area contributed by atoms with Crippen molar-refractivity contribution in [3.05, 3.63) is 29.8 Å². The minimum atomic E-state index is -1.36. The molecule has 0 N–H and O–H groups in total. The quantitative estimate of drug-likeness (QED) is 0.450.